The van der Waals surface area contributed by atoms with Gasteiger partial charge >= 0.3 is 5.97 Å². The van der Waals surface area contributed by atoms with Crippen LogP contribution in [0.15, 0.2) is 42.5 Å². The molecule has 1 N–H and O–H groups in total. The van der Waals surface area contributed by atoms with Gasteiger partial charge in [-0.05, 0) is 56.2 Å². The molecule has 0 unspecified atom stereocenters. The molecule has 31 heavy (non-hydrogen) atoms. The average molecular weight is 442 g/mol. The van der Waals surface area contributed by atoms with Crippen molar-refractivity contribution in [2.24, 2.45) is 5.92 Å². The molecule has 0 saturated carbocycles. The fraction of sp³-hybridized carbons (Fsp3) is 0.364. The molecule has 2 aromatic rings. The van der Waals surface area contributed by atoms with Crippen LogP contribution in [0.2, 0.25) is 0 Å². The number of carbonyl (C=O) groups is 1. The maximum absolute atomic E-state index is 13.1. The lowest BCUT2D eigenvalue weighted by molar-refractivity contribution is -0.385. The summed E-state index contributed by atoms with van der Waals surface area (Å²) < 4.78 is 11.7. The number of nitrogens with zero attached hydrogens (tertiary/aromatic N) is 2. The topological polar surface area (TPSA) is 93.9 Å². The minimum atomic E-state index is -1.18. The second-order valence-corrected chi connectivity index (χ2v) is 8.03. The second kappa shape index (κ2) is 7.81. The molecule has 162 valence electrons. The number of aryl methyl sites for hydroxylation is 1. The number of ether oxygens (including phenoxy) is 2. The molecule has 0 spiro atoms. The first-order valence-corrected chi connectivity index (χ1v) is 10.5. The molecule has 1 fully saturated rings. The molecule has 1 saturated heterocycles. The number of nitro benzene ring substituents is 1. The lowest BCUT2D eigenvalue weighted by atomic mass is 9.79. The molecule has 4 rings (SSSR count). The van der Waals surface area contributed by atoms with Gasteiger partial charge in [0, 0.05) is 23.4 Å². The molecule has 0 aliphatic carbocycles. The first kappa shape index (κ1) is 21.0. The number of carbonyl (C=O) groups excluding carboxylic acids is 1. The number of anilines is 1. The van der Waals surface area contributed by atoms with Crippen LogP contribution < -0.4 is 15.0 Å². The van der Waals surface area contributed by atoms with Crippen LogP contribution >= 0.6 is 12.2 Å². The van der Waals surface area contributed by atoms with Crippen LogP contribution in [0, 0.1) is 16.0 Å². The molecular weight excluding hydrogens is 418 g/mol. The molecule has 2 aromatic carbocycles. The van der Waals surface area contributed by atoms with E-state index in [0.29, 0.717) is 16.4 Å². The molecule has 2 aliphatic rings. The van der Waals surface area contributed by atoms with Gasteiger partial charge in [-0.2, -0.15) is 0 Å². The van der Waals surface area contributed by atoms with E-state index < -0.39 is 28.6 Å². The molecule has 0 radical (unpaired) electrons. The molecule has 0 aromatic heterocycles. The van der Waals surface area contributed by atoms with Gasteiger partial charge < -0.3 is 14.8 Å². The minimum absolute atomic E-state index is 0.0844. The van der Waals surface area contributed by atoms with Gasteiger partial charge in [-0.1, -0.05) is 19.1 Å². The number of hydrogen-bond donors (Lipinski definition) is 1. The first-order valence-electron chi connectivity index (χ1n) is 10.1. The monoisotopic (exact) mass is 441 g/mol. The van der Waals surface area contributed by atoms with E-state index in [9.17, 15) is 14.9 Å². The SMILES string of the molecule is CCOC(=O)[C@H]1[C@H]2NC(=S)N(c3ccc(CC)cc3)[C@@]1(C)Oc1ccc([N+](=O)[O-])cc12. The van der Waals surface area contributed by atoms with E-state index in [-0.39, 0.29) is 12.3 Å². The number of nitrogens with one attached hydrogen (secondary N) is 1. The highest BCUT2D eigenvalue weighted by molar-refractivity contribution is 7.80. The lowest BCUT2D eigenvalue weighted by Crippen LogP contribution is -2.71. The minimum Gasteiger partial charge on any atom is -0.466 e. The summed E-state index contributed by atoms with van der Waals surface area (Å²) in [6, 6.07) is 11.7. The Morgan fingerprint density at radius 2 is 2.00 bits per heavy atom. The summed E-state index contributed by atoms with van der Waals surface area (Å²) in [6.45, 7) is 5.81. The summed E-state index contributed by atoms with van der Waals surface area (Å²) in [4.78, 5) is 25.7. The molecule has 9 heteroatoms. The summed E-state index contributed by atoms with van der Waals surface area (Å²) in [5, 5.41) is 14.9. The fourth-order valence-electron chi connectivity index (χ4n) is 4.35. The number of esters is 1. The number of nitro groups is 1. The van der Waals surface area contributed by atoms with Crippen LogP contribution in [0.25, 0.3) is 0 Å². The molecule has 3 atom stereocenters. The van der Waals surface area contributed by atoms with Crippen LogP contribution in [-0.2, 0) is 16.0 Å². The van der Waals surface area contributed by atoms with Crippen molar-refractivity contribution in [1.82, 2.24) is 5.32 Å². The van der Waals surface area contributed by atoms with E-state index in [0.717, 1.165) is 12.1 Å². The van der Waals surface area contributed by atoms with Gasteiger partial charge in [0.1, 0.15) is 11.7 Å². The summed E-state index contributed by atoms with van der Waals surface area (Å²) in [7, 11) is 0. The van der Waals surface area contributed by atoms with Crippen molar-refractivity contribution in [1.29, 1.82) is 0 Å². The molecule has 0 amide bonds. The van der Waals surface area contributed by atoms with Crippen LogP contribution in [0.1, 0.15) is 37.9 Å². The highest BCUT2D eigenvalue weighted by Gasteiger charge is 2.60. The standard InChI is InChI=1S/C22H23N3O5S/c1-4-13-6-8-14(9-7-13)24-21(31)23-19-16-12-15(25(27)28)10-11-17(16)30-22(24,3)18(19)20(26)29-5-2/h6-12,18-19H,4-5H2,1-3H3,(H,23,31)/t18-,19+,22+/m1/s1. The Morgan fingerprint density at radius 1 is 1.29 bits per heavy atom. The third-order valence-electron chi connectivity index (χ3n) is 5.84. The van der Waals surface area contributed by atoms with Gasteiger partial charge in [0.05, 0.1) is 17.6 Å². The second-order valence-electron chi connectivity index (χ2n) is 7.65. The van der Waals surface area contributed by atoms with E-state index >= 15 is 0 Å². The number of fused-ring (bicyclic) bond motifs is 4. The van der Waals surface area contributed by atoms with Crippen molar-refractivity contribution in [3.63, 3.8) is 0 Å². The maximum Gasteiger partial charge on any atom is 0.317 e. The van der Waals surface area contributed by atoms with E-state index in [2.05, 4.69) is 12.2 Å². The molecule has 2 heterocycles. The third-order valence-corrected chi connectivity index (χ3v) is 6.14. The van der Waals surface area contributed by atoms with Crippen molar-refractivity contribution in [3.8, 4) is 5.75 Å². The predicted octanol–water partition coefficient (Wildman–Crippen LogP) is 3.88. The zero-order valence-corrected chi connectivity index (χ0v) is 18.3. The molecule has 2 aliphatic heterocycles. The van der Waals surface area contributed by atoms with Crippen LogP contribution in [-0.4, -0.2) is 28.3 Å². The summed E-state index contributed by atoms with van der Waals surface area (Å²) in [5.41, 5.74) is 1.19. The smallest absolute Gasteiger partial charge is 0.317 e. The molecular formula is C22H23N3O5S. The summed E-state index contributed by atoms with van der Waals surface area (Å²) in [5.74, 6) is -0.805. The van der Waals surface area contributed by atoms with Crippen molar-refractivity contribution in [2.45, 2.75) is 39.0 Å². The van der Waals surface area contributed by atoms with E-state index in [1.54, 1.807) is 24.8 Å². The van der Waals surface area contributed by atoms with Crippen molar-refractivity contribution in [2.75, 3.05) is 11.5 Å². The maximum atomic E-state index is 13.1. The van der Waals surface area contributed by atoms with E-state index in [4.69, 9.17) is 21.7 Å². The van der Waals surface area contributed by atoms with Gasteiger partial charge in [0.2, 0.25) is 5.72 Å². The zero-order valence-electron chi connectivity index (χ0n) is 17.5. The highest BCUT2D eigenvalue weighted by atomic mass is 32.1. The quantitative estimate of drug-likeness (QED) is 0.323. The summed E-state index contributed by atoms with van der Waals surface area (Å²) >= 11 is 5.66. The third kappa shape index (κ3) is 3.38. The Balaban J connectivity index is 1.87. The Morgan fingerprint density at radius 3 is 2.61 bits per heavy atom. The largest absolute Gasteiger partial charge is 0.466 e. The number of rotatable bonds is 5. The van der Waals surface area contributed by atoms with Gasteiger partial charge in [-0.3, -0.25) is 19.8 Å². The first-order chi connectivity index (χ1) is 14.8. The van der Waals surface area contributed by atoms with Gasteiger partial charge in [0.25, 0.3) is 5.69 Å². The number of non-ortho nitro benzene ring substituents is 1. The Hall–Kier alpha value is -3.20. The molecule has 8 nitrogen and oxygen atoms in total. The van der Waals surface area contributed by atoms with Gasteiger partial charge in [-0.25, -0.2) is 0 Å². The highest BCUT2D eigenvalue weighted by Crippen LogP contribution is 2.50. The predicted molar refractivity (Wildman–Crippen MR) is 119 cm³/mol. The average Bonchev–Trinajstić information content (AvgIpc) is 2.73. The van der Waals surface area contributed by atoms with Crippen molar-refractivity contribution >= 4 is 34.7 Å². The van der Waals surface area contributed by atoms with Crippen molar-refractivity contribution < 1.29 is 19.2 Å². The van der Waals surface area contributed by atoms with Crippen LogP contribution in [0.3, 0.4) is 0 Å². The number of hydrogen-bond acceptors (Lipinski definition) is 6. The lowest BCUT2D eigenvalue weighted by Gasteiger charge is -2.55. The zero-order chi connectivity index (χ0) is 22.3. The Bertz CT molecular complexity index is 1060. The van der Waals surface area contributed by atoms with Gasteiger partial charge in [-0.15, -0.1) is 0 Å². The van der Waals surface area contributed by atoms with E-state index in [1.165, 1.54) is 17.7 Å². The van der Waals surface area contributed by atoms with Crippen LogP contribution in [0.4, 0.5) is 11.4 Å². The number of thiocarbonyl (C=S) groups is 1. The Labute approximate surface area is 185 Å². The molecule has 2 bridgehead atoms. The Kier molecular flexibility index (Phi) is 5.30. The van der Waals surface area contributed by atoms with Gasteiger partial charge in [0.15, 0.2) is 5.11 Å². The summed E-state index contributed by atoms with van der Waals surface area (Å²) in [6.07, 6.45) is 0.899. The van der Waals surface area contributed by atoms with E-state index in [1.807, 2.05) is 24.3 Å². The fourth-order valence-corrected chi connectivity index (χ4v) is 4.76. The van der Waals surface area contributed by atoms with Crippen LogP contribution in [0.5, 0.6) is 5.75 Å². The normalized spacial score (nSPS) is 24.0. The number of benzene rings is 2. The van der Waals surface area contributed by atoms with Crippen molar-refractivity contribution in [3.05, 3.63) is 63.7 Å².